The van der Waals surface area contributed by atoms with E-state index in [2.05, 4.69) is 10.6 Å². The molecule has 1 amide bonds. The van der Waals surface area contributed by atoms with Gasteiger partial charge in [-0.1, -0.05) is 6.07 Å². The molecule has 3 rings (SSSR count). The number of amides is 1. The van der Waals surface area contributed by atoms with Gasteiger partial charge in [-0.3, -0.25) is 9.59 Å². The summed E-state index contributed by atoms with van der Waals surface area (Å²) in [7, 11) is 0. The molecule has 0 bridgehead atoms. The van der Waals surface area contributed by atoms with Crippen molar-refractivity contribution in [2.24, 2.45) is 0 Å². The number of ketones is 1. The van der Waals surface area contributed by atoms with Crippen molar-refractivity contribution in [3.8, 4) is 0 Å². The van der Waals surface area contributed by atoms with Crippen molar-refractivity contribution in [3.63, 3.8) is 0 Å². The molecule has 0 atom stereocenters. The predicted molar refractivity (Wildman–Crippen MR) is 98.4 cm³/mol. The van der Waals surface area contributed by atoms with Gasteiger partial charge in [0.05, 0.1) is 4.88 Å². The Hall–Kier alpha value is -2.92. The maximum absolute atomic E-state index is 12.0. The van der Waals surface area contributed by atoms with E-state index in [4.69, 9.17) is 0 Å². The Balaban J connectivity index is 1.64. The molecule has 2 N–H and O–H groups in total. The summed E-state index contributed by atoms with van der Waals surface area (Å²) in [6, 6.07) is 18.4. The number of nitrogens with one attached hydrogen (secondary N) is 2. The van der Waals surface area contributed by atoms with Gasteiger partial charge in [0.25, 0.3) is 5.91 Å². The second-order valence-corrected chi connectivity index (χ2v) is 6.22. The minimum atomic E-state index is -0.106. The summed E-state index contributed by atoms with van der Waals surface area (Å²) in [4.78, 5) is 23.9. The molecule has 3 aromatic rings. The van der Waals surface area contributed by atoms with E-state index in [0.717, 1.165) is 17.1 Å². The van der Waals surface area contributed by atoms with Gasteiger partial charge < -0.3 is 10.6 Å². The molecule has 5 heteroatoms. The molecule has 0 aliphatic rings. The van der Waals surface area contributed by atoms with Gasteiger partial charge in [0.2, 0.25) is 0 Å². The van der Waals surface area contributed by atoms with Gasteiger partial charge in [-0.05, 0) is 66.9 Å². The summed E-state index contributed by atoms with van der Waals surface area (Å²) in [5, 5.41) is 7.99. The van der Waals surface area contributed by atoms with E-state index in [1.807, 2.05) is 47.8 Å². The molecular weight excluding hydrogens is 320 g/mol. The van der Waals surface area contributed by atoms with Gasteiger partial charge >= 0.3 is 0 Å². The quantitative estimate of drug-likeness (QED) is 0.648. The fourth-order valence-electron chi connectivity index (χ4n) is 2.19. The minimum absolute atomic E-state index is 0.0485. The Morgan fingerprint density at radius 2 is 1.42 bits per heavy atom. The molecule has 0 spiro atoms. The smallest absolute Gasteiger partial charge is 0.265 e. The third-order valence-corrected chi connectivity index (χ3v) is 4.34. The average molecular weight is 336 g/mol. The van der Waals surface area contributed by atoms with Crippen molar-refractivity contribution >= 4 is 40.1 Å². The van der Waals surface area contributed by atoms with Crippen molar-refractivity contribution in [1.82, 2.24) is 0 Å². The molecular formula is C19H16N2O2S. The Morgan fingerprint density at radius 3 is 1.96 bits per heavy atom. The van der Waals surface area contributed by atoms with Crippen LogP contribution in [0.25, 0.3) is 0 Å². The maximum Gasteiger partial charge on any atom is 0.265 e. The first-order valence-electron chi connectivity index (χ1n) is 7.45. The van der Waals surface area contributed by atoms with E-state index < -0.39 is 0 Å². The molecule has 1 heterocycles. The number of benzene rings is 2. The molecule has 1 aromatic heterocycles. The lowest BCUT2D eigenvalue weighted by Crippen LogP contribution is -2.09. The highest BCUT2D eigenvalue weighted by atomic mass is 32.1. The first kappa shape index (κ1) is 16.0. The minimum Gasteiger partial charge on any atom is -0.356 e. The fraction of sp³-hybridized carbons (Fsp3) is 0.0526. The molecule has 0 saturated carbocycles. The third-order valence-electron chi connectivity index (χ3n) is 3.47. The van der Waals surface area contributed by atoms with Crippen LogP contribution in [0, 0.1) is 0 Å². The van der Waals surface area contributed by atoms with Crippen LogP contribution in [0.3, 0.4) is 0 Å². The number of carbonyl (C=O) groups excluding carboxylic acids is 2. The van der Waals surface area contributed by atoms with E-state index in [0.29, 0.717) is 10.4 Å². The van der Waals surface area contributed by atoms with E-state index in [9.17, 15) is 9.59 Å². The van der Waals surface area contributed by atoms with Crippen molar-refractivity contribution in [2.45, 2.75) is 6.92 Å². The summed E-state index contributed by atoms with van der Waals surface area (Å²) >= 11 is 1.41. The van der Waals surface area contributed by atoms with Crippen LogP contribution in [0.15, 0.2) is 66.0 Å². The molecule has 2 aromatic carbocycles. The maximum atomic E-state index is 12.0. The standard InChI is InChI=1S/C19H16N2O2S/c1-13(22)14-4-6-15(7-5-14)20-16-8-10-17(11-9-16)21-19(23)18-3-2-12-24-18/h2-12,20H,1H3,(H,21,23). The van der Waals surface area contributed by atoms with Gasteiger partial charge in [-0.15, -0.1) is 11.3 Å². The third kappa shape index (κ3) is 3.88. The summed E-state index contributed by atoms with van der Waals surface area (Å²) in [5.74, 6) is -0.0575. The number of rotatable bonds is 5. The Kier molecular flexibility index (Phi) is 4.72. The van der Waals surface area contributed by atoms with Gasteiger partial charge in [0.1, 0.15) is 0 Å². The van der Waals surface area contributed by atoms with E-state index in [1.54, 1.807) is 25.1 Å². The molecule has 24 heavy (non-hydrogen) atoms. The van der Waals surface area contributed by atoms with Crippen LogP contribution in [-0.2, 0) is 0 Å². The second-order valence-electron chi connectivity index (χ2n) is 5.27. The van der Waals surface area contributed by atoms with E-state index in [-0.39, 0.29) is 11.7 Å². The monoisotopic (exact) mass is 336 g/mol. The fourth-order valence-corrected chi connectivity index (χ4v) is 2.81. The lowest BCUT2D eigenvalue weighted by atomic mass is 10.1. The summed E-state index contributed by atoms with van der Waals surface area (Å²) in [5.41, 5.74) is 3.23. The van der Waals surface area contributed by atoms with Gasteiger partial charge in [-0.2, -0.15) is 0 Å². The molecule has 0 unspecified atom stereocenters. The van der Waals surface area contributed by atoms with Gasteiger partial charge in [0, 0.05) is 22.6 Å². The van der Waals surface area contributed by atoms with Crippen LogP contribution in [0.1, 0.15) is 27.0 Å². The summed E-state index contributed by atoms with van der Waals surface area (Å²) < 4.78 is 0. The lowest BCUT2D eigenvalue weighted by molar-refractivity contribution is 0.101. The Bertz CT molecular complexity index is 838. The lowest BCUT2D eigenvalue weighted by Gasteiger charge is -2.09. The summed E-state index contributed by atoms with van der Waals surface area (Å²) in [6.07, 6.45) is 0. The van der Waals surface area contributed by atoms with Crippen LogP contribution in [0.4, 0.5) is 17.1 Å². The number of hydrogen-bond acceptors (Lipinski definition) is 4. The predicted octanol–water partition coefficient (Wildman–Crippen LogP) is 4.95. The zero-order valence-electron chi connectivity index (χ0n) is 13.1. The topological polar surface area (TPSA) is 58.2 Å². The second kappa shape index (κ2) is 7.10. The molecule has 0 aliphatic carbocycles. The van der Waals surface area contributed by atoms with Crippen LogP contribution in [0.5, 0.6) is 0 Å². The zero-order chi connectivity index (χ0) is 16.9. The highest BCUT2D eigenvalue weighted by Gasteiger charge is 2.06. The van der Waals surface area contributed by atoms with E-state index in [1.165, 1.54) is 11.3 Å². The molecule has 0 aliphatic heterocycles. The van der Waals surface area contributed by atoms with Gasteiger partial charge in [-0.25, -0.2) is 0 Å². The molecule has 0 fully saturated rings. The van der Waals surface area contributed by atoms with Crippen molar-refractivity contribution in [2.75, 3.05) is 10.6 Å². The van der Waals surface area contributed by atoms with Crippen molar-refractivity contribution in [1.29, 1.82) is 0 Å². The zero-order valence-corrected chi connectivity index (χ0v) is 13.9. The normalized spacial score (nSPS) is 10.2. The largest absolute Gasteiger partial charge is 0.356 e. The van der Waals surface area contributed by atoms with Crippen LogP contribution >= 0.6 is 11.3 Å². The molecule has 0 saturated heterocycles. The number of anilines is 3. The Morgan fingerprint density at radius 1 is 0.833 bits per heavy atom. The first-order chi connectivity index (χ1) is 11.6. The van der Waals surface area contributed by atoms with Crippen molar-refractivity contribution in [3.05, 3.63) is 76.5 Å². The number of thiophene rings is 1. The van der Waals surface area contributed by atoms with Crippen LogP contribution < -0.4 is 10.6 Å². The SMILES string of the molecule is CC(=O)c1ccc(Nc2ccc(NC(=O)c3cccs3)cc2)cc1. The van der Waals surface area contributed by atoms with Crippen molar-refractivity contribution < 1.29 is 9.59 Å². The molecule has 120 valence electrons. The summed E-state index contributed by atoms with van der Waals surface area (Å²) in [6.45, 7) is 1.55. The first-order valence-corrected chi connectivity index (χ1v) is 8.33. The number of carbonyl (C=O) groups is 2. The number of hydrogen-bond donors (Lipinski definition) is 2. The highest BCUT2D eigenvalue weighted by molar-refractivity contribution is 7.12. The van der Waals surface area contributed by atoms with Crippen LogP contribution in [-0.4, -0.2) is 11.7 Å². The number of Topliss-reactive ketones (excluding diaryl/α,β-unsaturated/α-hetero) is 1. The molecule has 4 nitrogen and oxygen atoms in total. The van der Waals surface area contributed by atoms with Gasteiger partial charge in [0.15, 0.2) is 5.78 Å². The molecule has 0 radical (unpaired) electrons. The highest BCUT2D eigenvalue weighted by Crippen LogP contribution is 2.20. The van der Waals surface area contributed by atoms with Crippen LogP contribution in [0.2, 0.25) is 0 Å². The Labute approximate surface area is 144 Å². The van der Waals surface area contributed by atoms with E-state index >= 15 is 0 Å². The average Bonchev–Trinajstić information content (AvgIpc) is 3.12.